The first kappa shape index (κ1) is 33.5. The summed E-state index contributed by atoms with van der Waals surface area (Å²) in [4.78, 5) is 0. The third-order valence-corrected chi connectivity index (χ3v) is 11.6. The second-order valence-electron chi connectivity index (χ2n) is 13.1. The van der Waals surface area contributed by atoms with Gasteiger partial charge in [-0.1, -0.05) is 58.1 Å². The van der Waals surface area contributed by atoms with Crippen molar-refractivity contribution in [2.24, 2.45) is 23.2 Å². The van der Waals surface area contributed by atoms with Gasteiger partial charge < -0.3 is 10.2 Å². The maximum atomic E-state index is 16.2. The van der Waals surface area contributed by atoms with Crippen LogP contribution in [0.1, 0.15) is 114 Å². The first-order valence-corrected chi connectivity index (χ1v) is 16.8. The van der Waals surface area contributed by atoms with E-state index in [1.165, 1.54) is 11.8 Å². The summed E-state index contributed by atoms with van der Waals surface area (Å²) in [6, 6.07) is 5.17. The molecule has 3 unspecified atom stereocenters. The van der Waals surface area contributed by atoms with Gasteiger partial charge in [0.25, 0.3) is 0 Å². The van der Waals surface area contributed by atoms with Gasteiger partial charge in [0.2, 0.25) is 0 Å². The number of aliphatic hydroxyl groups excluding tert-OH is 1. The number of alkyl halides is 6. The summed E-state index contributed by atoms with van der Waals surface area (Å²) in [6.45, 7) is 6.44. The van der Waals surface area contributed by atoms with E-state index in [0.29, 0.717) is 17.7 Å². The standard InChI is InChI=1S/C33H46F6O2S/c1-21-28(41)20-27-29-24(14-16-31(21,27)2)23-13-12-22(40)19-26(23)30(34)25(29)11-8-6-4-3-5-7-9-17-42-18-10-15-32(35,36)33(37,38)39/h12-13,19,24-25,27-30,40-41H,1,3-11,14-18,20H2,2H3/t24?,25-,27?,28+,29?,30+,31+/m0/s1. The molecule has 0 spiro atoms. The van der Waals surface area contributed by atoms with E-state index in [-0.39, 0.29) is 41.3 Å². The molecule has 1 aromatic carbocycles. The maximum absolute atomic E-state index is 16.2. The number of hydrogen-bond donors (Lipinski definition) is 2. The fraction of sp³-hybridized carbons (Fsp3) is 0.758. The Labute approximate surface area is 250 Å². The zero-order valence-electron chi connectivity index (χ0n) is 24.6. The zero-order valence-corrected chi connectivity index (χ0v) is 25.4. The summed E-state index contributed by atoms with van der Waals surface area (Å²) in [5, 5.41) is 20.8. The Morgan fingerprint density at radius 3 is 2.29 bits per heavy atom. The van der Waals surface area contributed by atoms with Crippen molar-refractivity contribution in [3.8, 4) is 5.75 Å². The van der Waals surface area contributed by atoms with Gasteiger partial charge in [-0.3, -0.25) is 0 Å². The molecule has 0 radical (unpaired) electrons. The van der Waals surface area contributed by atoms with E-state index in [1.807, 2.05) is 6.07 Å². The average Bonchev–Trinajstić information content (AvgIpc) is 3.16. The molecule has 238 valence electrons. The summed E-state index contributed by atoms with van der Waals surface area (Å²) in [7, 11) is 0. The van der Waals surface area contributed by atoms with Gasteiger partial charge in [-0.05, 0) is 108 Å². The highest BCUT2D eigenvalue weighted by Gasteiger charge is 2.59. The lowest BCUT2D eigenvalue weighted by Crippen LogP contribution is -2.45. The second kappa shape index (κ2) is 13.7. The first-order valence-electron chi connectivity index (χ1n) is 15.6. The van der Waals surface area contributed by atoms with Crippen LogP contribution < -0.4 is 0 Å². The fourth-order valence-electron chi connectivity index (χ4n) is 8.09. The maximum Gasteiger partial charge on any atom is 0.453 e. The van der Waals surface area contributed by atoms with Crippen molar-refractivity contribution in [3.63, 3.8) is 0 Å². The molecule has 2 saturated carbocycles. The normalized spacial score (nSPS) is 31.1. The van der Waals surface area contributed by atoms with Crippen LogP contribution in [0.3, 0.4) is 0 Å². The van der Waals surface area contributed by atoms with Crippen LogP contribution in [-0.2, 0) is 0 Å². The lowest BCUT2D eigenvalue weighted by Gasteiger charge is -2.53. The fourth-order valence-corrected chi connectivity index (χ4v) is 9.05. The van der Waals surface area contributed by atoms with E-state index in [9.17, 15) is 32.2 Å². The molecule has 3 aliphatic rings. The van der Waals surface area contributed by atoms with Gasteiger partial charge in [0.05, 0.1) is 6.10 Å². The molecular weight excluding hydrogens is 574 g/mol. The number of benzene rings is 1. The minimum absolute atomic E-state index is 0.0975. The smallest absolute Gasteiger partial charge is 0.453 e. The van der Waals surface area contributed by atoms with E-state index >= 15 is 4.39 Å². The highest BCUT2D eigenvalue weighted by Crippen LogP contribution is 2.66. The molecule has 9 heteroatoms. The minimum Gasteiger partial charge on any atom is -0.508 e. The van der Waals surface area contributed by atoms with Crippen molar-refractivity contribution in [1.29, 1.82) is 0 Å². The summed E-state index contributed by atoms with van der Waals surface area (Å²) in [5.74, 6) is -3.02. The lowest BCUT2D eigenvalue weighted by molar-refractivity contribution is -0.284. The van der Waals surface area contributed by atoms with Crippen molar-refractivity contribution in [2.75, 3.05) is 11.5 Å². The Bertz CT molecular complexity index is 1060. The molecule has 0 saturated heterocycles. The number of unbranched alkanes of at least 4 members (excludes halogenated alkanes) is 6. The number of phenols is 1. The molecule has 1 aromatic rings. The molecule has 2 nitrogen and oxygen atoms in total. The molecule has 4 rings (SSSR count). The van der Waals surface area contributed by atoms with Crippen molar-refractivity contribution in [1.82, 2.24) is 0 Å². The SMILES string of the molecule is C=C1[C@H](O)CC2C3C(CC[C@]12C)c1ccc(O)cc1[C@H](F)[C@H]3CCCCCCCCCSCCCC(F)(F)C(F)(F)F. The monoisotopic (exact) mass is 620 g/mol. The van der Waals surface area contributed by atoms with Gasteiger partial charge in [-0.25, -0.2) is 4.39 Å². The molecule has 0 bridgehead atoms. The van der Waals surface area contributed by atoms with Gasteiger partial charge in [0, 0.05) is 6.42 Å². The van der Waals surface area contributed by atoms with E-state index in [0.717, 1.165) is 81.1 Å². The van der Waals surface area contributed by atoms with Gasteiger partial charge in [-0.2, -0.15) is 33.7 Å². The predicted octanol–water partition coefficient (Wildman–Crippen LogP) is 10.3. The molecule has 0 aromatic heterocycles. The Hall–Kier alpha value is -1.35. The molecular formula is C33H46F6O2S. The molecule has 2 fully saturated rings. The predicted molar refractivity (Wildman–Crippen MR) is 157 cm³/mol. The number of thioether (sulfide) groups is 1. The lowest BCUT2D eigenvalue weighted by atomic mass is 9.51. The van der Waals surface area contributed by atoms with Crippen molar-refractivity contribution >= 4 is 11.8 Å². The minimum atomic E-state index is -5.47. The van der Waals surface area contributed by atoms with E-state index < -0.39 is 30.8 Å². The number of aromatic hydroxyl groups is 1. The zero-order chi connectivity index (χ0) is 30.7. The Kier molecular flexibility index (Phi) is 11.0. The highest BCUT2D eigenvalue weighted by molar-refractivity contribution is 7.99. The molecule has 0 amide bonds. The quantitative estimate of drug-likeness (QED) is 0.124. The van der Waals surface area contributed by atoms with Crippen molar-refractivity contribution in [2.45, 2.75) is 121 Å². The number of aliphatic hydroxyl groups is 1. The van der Waals surface area contributed by atoms with Crippen LogP contribution in [-0.4, -0.2) is 39.9 Å². The molecule has 7 atom stereocenters. The number of rotatable bonds is 14. The van der Waals surface area contributed by atoms with Gasteiger partial charge >= 0.3 is 12.1 Å². The van der Waals surface area contributed by atoms with Crippen LogP contribution in [0.15, 0.2) is 30.4 Å². The summed E-state index contributed by atoms with van der Waals surface area (Å²) in [5.41, 5.74) is 2.39. The van der Waals surface area contributed by atoms with E-state index in [4.69, 9.17) is 0 Å². The van der Waals surface area contributed by atoms with Crippen molar-refractivity contribution in [3.05, 3.63) is 41.5 Å². The van der Waals surface area contributed by atoms with Gasteiger partial charge in [-0.15, -0.1) is 0 Å². The summed E-state index contributed by atoms with van der Waals surface area (Å²) >= 11 is 1.43. The molecule has 3 aliphatic carbocycles. The number of phenolic OH excluding ortho intramolecular Hbond substituents is 1. The Balaban J connectivity index is 1.19. The van der Waals surface area contributed by atoms with Crippen LogP contribution in [0, 0.1) is 23.2 Å². The topological polar surface area (TPSA) is 40.5 Å². The number of hydrogen-bond acceptors (Lipinski definition) is 3. The Morgan fingerprint density at radius 1 is 0.952 bits per heavy atom. The first-order chi connectivity index (χ1) is 19.8. The van der Waals surface area contributed by atoms with E-state index in [1.54, 1.807) is 12.1 Å². The van der Waals surface area contributed by atoms with Crippen molar-refractivity contribution < 1.29 is 36.6 Å². The van der Waals surface area contributed by atoms with Crippen LogP contribution in [0.5, 0.6) is 5.75 Å². The van der Waals surface area contributed by atoms with E-state index in [2.05, 4.69) is 13.5 Å². The molecule has 42 heavy (non-hydrogen) atoms. The second-order valence-corrected chi connectivity index (χ2v) is 14.3. The number of fused-ring (bicyclic) bond motifs is 5. The third kappa shape index (κ3) is 7.13. The summed E-state index contributed by atoms with van der Waals surface area (Å²) < 4.78 is 78.7. The molecule has 0 heterocycles. The Morgan fingerprint density at radius 2 is 1.60 bits per heavy atom. The van der Waals surface area contributed by atoms with Gasteiger partial charge in [0.1, 0.15) is 11.9 Å². The molecule has 2 N–H and O–H groups in total. The largest absolute Gasteiger partial charge is 0.508 e. The number of halogens is 6. The van der Waals surface area contributed by atoms with Crippen LogP contribution >= 0.6 is 11.8 Å². The van der Waals surface area contributed by atoms with Crippen LogP contribution in [0.2, 0.25) is 0 Å². The van der Waals surface area contributed by atoms with Crippen LogP contribution in [0.4, 0.5) is 26.3 Å². The average molecular weight is 621 g/mol. The molecule has 0 aliphatic heterocycles. The highest BCUT2D eigenvalue weighted by atomic mass is 32.2. The van der Waals surface area contributed by atoms with Gasteiger partial charge in [0.15, 0.2) is 0 Å². The third-order valence-electron chi connectivity index (χ3n) is 10.5. The van der Waals surface area contributed by atoms with Crippen LogP contribution in [0.25, 0.3) is 0 Å². The summed E-state index contributed by atoms with van der Waals surface area (Å²) in [6.07, 6.45) is 1.84.